The quantitative estimate of drug-likeness (QED) is 0.877. The van der Waals surface area contributed by atoms with Gasteiger partial charge in [0.05, 0.1) is 0 Å². The molecule has 5 heteroatoms. The number of rotatable bonds is 5. The van der Waals surface area contributed by atoms with E-state index >= 15 is 0 Å². The lowest BCUT2D eigenvalue weighted by atomic mass is 10.1. The van der Waals surface area contributed by atoms with Crippen LogP contribution in [-0.2, 0) is 4.79 Å². The largest absolute Gasteiger partial charge is 0.481 e. The minimum absolute atomic E-state index is 0.137. The third-order valence-corrected chi connectivity index (χ3v) is 3.84. The number of nitrogens with one attached hydrogen (secondary N) is 1. The summed E-state index contributed by atoms with van der Waals surface area (Å²) in [5, 5.41) is 2.99. The molecular formula is C16H23FN2O2. The van der Waals surface area contributed by atoms with E-state index in [0.717, 1.165) is 25.7 Å². The first-order valence-electron chi connectivity index (χ1n) is 7.49. The van der Waals surface area contributed by atoms with Gasteiger partial charge >= 0.3 is 0 Å². The maximum absolute atomic E-state index is 13.3. The fourth-order valence-corrected chi connectivity index (χ4v) is 2.62. The summed E-state index contributed by atoms with van der Waals surface area (Å²) in [6.45, 7) is 3.45. The normalized spacial score (nSPS) is 18.3. The number of nitrogens with two attached hydrogens (primary N) is 1. The van der Waals surface area contributed by atoms with Gasteiger partial charge in [-0.25, -0.2) is 4.39 Å². The zero-order valence-electron chi connectivity index (χ0n) is 12.6. The van der Waals surface area contributed by atoms with Gasteiger partial charge in [0.1, 0.15) is 11.6 Å². The molecule has 1 amide bonds. The van der Waals surface area contributed by atoms with Gasteiger partial charge in [-0.15, -0.1) is 0 Å². The van der Waals surface area contributed by atoms with Crippen molar-refractivity contribution >= 4 is 5.91 Å². The first-order chi connectivity index (χ1) is 9.97. The van der Waals surface area contributed by atoms with Crippen molar-refractivity contribution in [3.8, 4) is 5.75 Å². The summed E-state index contributed by atoms with van der Waals surface area (Å²) in [6.07, 6.45) is 3.74. The van der Waals surface area contributed by atoms with Gasteiger partial charge in [-0.1, -0.05) is 12.8 Å². The van der Waals surface area contributed by atoms with E-state index in [4.69, 9.17) is 10.5 Å². The third kappa shape index (κ3) is 4.17. The molecule has 1 aromatic rings. The van der Waals surface area contributed by atoms with Crippen LogP contribution in [0.15, 0.2) is 18.2 Å². The summed E-state index contributed by atoms with van der Waals surface area (Å²) in [6, 6.07) is 4.07. The molecule has 1 unspecified atom stereocenters. The molecule has 0 radical (unpaired) electrons. The molecule has 0 aliphatic heterocycles. The van der Waals surface area contributed by atoms with Crippen LogP contribution in [0.4, 0.5) is 4.39 Å². The Morgan fingerprint density at radius 3 is 2.67 bits per heavy atom. The molecule has 1 aromatic carbocycles. The lowest BCUT2D eigenvalue weighted by Crippen LogP contribution is -2.41. The molecule has 0 saturated heterocycles. The van der Waals surface area contributed by atoms with E-state index < -0.39 is 6.10 Å². The van der Waals surface area contributed by atoms with Gasteiger partial charge in [-0.3, -0.25) is 4.79 Å². The second kappa shape index (κ2) is 6.89. The lowest BCUT2D eigenvalue weighted by Gasteiger charge is -2.20. The van der Waals surface area contributed by atoms with Crippen LogP contribution in [0.2, 0.25) is 0 Å². The van der Waals surface area contributed by atoms with Crippen LogP contribution in [0, 0.1) is 5.82 Å². The highest BCUT2D eigenvalue weighted by Crippen LogP contribution is 2.26. The van der Waals surface area contributed by atoms with E-state index in [-0.39, 0.29) is 23.8 Å². The second-order valence-electron chi connectivity index (χ2n) is 5.72. The lowest BCUT2D eigenvalue weighted by molar-refractivity contribution is -0.128. The van der Waals surface area contributed by atoms with Crippen LogP contribution >= 0.6 is 0 Å². The maximum atomic E-state index is 13.3. The third-order valence-electron chi connectivity index (χ3n) is 3.84. The summed E-state index contributed by atoms with van der Waals surface area (Å²) >= 11 is 0. The number of ether oxygens (including phenoxy) is 1. The minimum atomic E-state index is -0.631. The summed E-state index contributed by atoms with van der Waals surface area (Å²) < 4.78 is 19.0. The molecule has 0 spiro atoms. The van der Waals surface area contributed by atoms with Gasteiger partial charge < -0.3 is 15.8 Å². The first kappa shape index (κ1) is 15.8. The van der Waals surface area contributed by atoms with Crippen LogP contribution in [0.25, 0.3) is 0 Å². The first-order valence-corrected chi connectivity index (χ1v) is 7.49. The van der Waals surface area contributed by atoms with Gasteiger partial charge in [0, 0.05) is 17.6 Å². The zero-order chi connectivity index (χ0) is 15.4. The van der Waals surface area contributed by atoms with E-state index in [0.29, 0.717) is 11.3 Å². The molecule has 0 aromatic heterocycles. The van der Waals surface area contributed by atoms with Crippen molar-refractivity contribution < 1.29 is 13.9 Å². The summed E-state index contributed by atoms with van der Waals surface area (Å²) in [5.74, 6) is -0.0416. The van der Waals surface area contributed by atoms with Gasteiger partial charge in [-0.05, 0) is 44.9 Å². The topological polar surface area (TPSA) is 64.3 Å². The Balaban J connectivity index is 2.01. The fraction of sp³-hybridized carbons (Fsp3) is 0.562. The minimum Gasteiger partial charge on any atom is -0.481 e. The Morgan fingerprint density at radius 2 is 2.05 bits per heavy atom. The Bertz CT molecular complexity index is 499. The number of hydrogen-bond donors (Lipinski definition) is 2. The van der Waals surface area contributed by atoms with Gasteiger partial charge in [0.2, 0.25) is 0 Å². The van der Waals surface area contributed by atoms with Crippen molar-refractivity contribution in [3.63, 3.8) is 0 Å². The van der Waals surface area contributed by atoms with Crippen LogP contribution in [-0.4, -0.2) is 18.1 Å². The van der Waals surface area contributed by atoms with Crippen molar-refractivity contribution in [2.24, 2.45) is 5.73 Å². The number of hydrogen-bond acceptors (Lipinski definition) is 3. The standard InChI is InChI=1S/C16H23FN2O2/c1-10(18)14-9-12(17)7-8-15(14)21-11(2)16(20)19-13-5-3-4-6-13/h7-11,13H,3-6,18H2,1-2H3,(H,19,20)/t10-,11?/m1/s1. The van der Waals surface area contributed by atoms with E-state index in [1.807, 2.05) is 0 Å². The van der Waals surface area contributed by atoms with Gasteiger partial charge in [0.15, 0.2) is 6.10 Å². The molecular weight excluding hydrogens is 271 g/mol. The van der Waals surface area contributed by atoms with E-state index in [9.17, 15) is 9.18 Å². The Hall–Kier alpha value is -1.62. The predicted octanol–water partition coefficient (Wildman–Crippen LogP) is 2.67. The van der Waals surface area contributed by atoms with Gasteiger partial charge in [-0.2, -0.15) is 0 Å². The highest BCUT2D eigenvalue weighted by Gasteiger charge is 2.22. The van der Waals surface area contributed by atoms with Crippen LogP contribution in [0.5, 0.6) is 5.75 Å². The van der Waals surface area contributed by atoms with E-state index in [1.54, 1.807) is 13.8 Å². The Morgan fingerprint density at radius 1 is 1.38 bits per heavy atom. The molecule has 2 rings (SSSR count). The van der Waals surface area contributed by atoms with Crippen LogP contribution < -0.4 is 15.8 Å². The molecule has 21 heavy (non-hydrogen) atoms. The smallest absolute Gasteiger partial charge is 0.260 e. The molecule has 3 N–H and O–H groups in total. The van der Waals surface area contributed by atoms with Crippen molar-refractivity contribution in [1.29, 1.82) is 0 Å². The molecule has 2 atom stereocenters. The van der Waals surface area contributed by atoms with Crippen molar-refractivity contribution in [3.05, 3.63) is 29.6 Å². The summed E-state index contributed by atoms with van der Waals surface area (Å²) in [7, 11) is 0. The SMILES string of the molecule is CC(Oc1ccc(F)cc1[C@@H](C)N)C(=O)NC1CCCC1. The van der Waals surface area contributed by atoms with Crippen molar-refractivity contribution in [2.75, 3.05) is 0 Å². The molecule has 1 saturated carbocycles. The second-order valence-corrected chi connectivity index (χ2v) is 5.72. The number of amides is 1. The van der Waals surface area contributed by atoms with Crippen molar-refractivity contribution in [1.82, 2.24) is 5.32 Å². The molecule has 1 fully saturated rings. The maximum Gasteiger partial charge on any atom is 0.260 e. The number of halogens is 1. The molecule has 1 aliphatic rings. The summed E-state index contributed by atoms with van der Waals surface area (Å²) in [4.78, 5) is 12.1. The number of benzene rings is 1. The predicted molar refractivity (Wildman–Crippen MR) is 79.5 cm³/mol. The zero-order valence-corrected chi connectivity index (χ0v) is 12.6. The molecule has 1 aliphatic carbocycles. The van der Waals surface area contributed by atoms with Crippen LogP contribution in [0.3, 0.4) is 0 Å². The van der Waals surface area contributed by atoms with E-state index in [1.165, 1.54) is 18.2 Å². The highest BCUT2D eigenvalue weighted by atomic mass is 19.1. The monoisotopic (exact) mass is 294 g/mol. The Labute approximate surface area is 124 Å². The fourth-order valence-electron chi connectivity index (χ4n) is 2.62. The highest BCUT2D eigenvalue weighted by molar-refractivity contribution is 5.81. The molecule has 0 bridgehead atoms. The molecule has 4 nitrogen and oxygen atoms in total. The van der Waals surface area contributed by atoms with Crippen molar-refractivity contribution in [2.45, 2.75) is 57.7 Å². The average molecular weight is 294 g/mol. The molecule has 0 heterocycles. The molecule has 116 valence electrons. The van der Waals surface area contributed by atoms with Gasteiger partial charge in [0.25, 0.3) is 5.91 Å². The number of carbonyl (C=O) groups excluding carboxylic acids is 1. The van der Waals surface area contributed by atoms with E-state index in [2.05, 4.69) is 5.32 Å². The Kier molecular flexibility index (Phi) is 5.17. The van der Waals surface area contributed by atoms with Crippen LogP contribution in [0.1, 0.15) is 51.1 Å². The average Bonchev–Trinajstić information content (AvgIpc) is 2.93. The summed E-state index contributed by atoms with van der Waals surface area (Å²) in [5.41, 5.74) is 6.39. The number of carbonyl (C=O) groups is 1.